The van der Waals surface area contributed by atoms with E-state index in [0.717, 1.165) is 37.4 Å². The fourth-order valence-corrected chi connectivity index (χ4v) is 3.31. The Balaban J connectivity index is 1.49. The van der Waals surface area contributed by atoms with Crippen LogP contribution in [-0.4, -0.2) is 41.7 Å². The van der Waals surface area contributed by atoms with E-state index in [-0.39, 0.29) is 5.91 Å². The molecule has 0 radical (unpaired) electrons. The van der Waals surface area contributed by atoms with Crippen molar-refractivity contribution in [3.63, 3.8) is 0 Å². The summed E-state index contributed by atoms with van der Waals surface area (Å²) in [6, 6.07) is 0. The minimum Gasteiger partial charge on any atom is -0.378 e. The SMILES string of the molecule is Cc1nc(NCCCOC2CCCCC2)c2c(n1)C(=O)NCC2. The third-order valence-corrected chi connectivity index (χ3v) is 4.51. The monoisotopic (exact) mass is 318 g/mol. The molecular formula is C17H26N4O2. The molecule has 6 nitrogen and oxygen atoms in total. The van der Waals surface area contributed by atoms with Crippen LogP contribution in [0.1, 0.15) is 60.4 Å². The minimum atomic E-state index is -0.0968. The first-order chi connectivity index (χ1) is 11.2. The number of nitrogens with one attached hydrogen (secondary N) is 2. The number of rotatable bonds is 6. The predicted molar refractivity (Wildman–Crippen MR) is 88.7 cm³/mol. The van der Waals surface area contributed by atoms with E-state index in [1.54, 1.807) is 0 Å². The van der Waals surface area contributed by atoms with Crippen LogP contribution in [0.15, 0.2) is 0 Å². The highest BCUT2D eigenvalue weighted by atomic mass is 16.5. The molecule has 0 bridgehead atoms. The molecule has 0 spiro atoms. The number of hydrogen-bond donors (Lipinski definition) is 2. The van der Waals surface area contributed by atoms with Gasteiger partial charge in [-0.25, -0.2) is 9.97 Å². The van der Waals surface area contributed by atoms with Gasteiger partial charge in [0.15, 0.2) is 0 Å². The average Bonchev–Trinajstić information content (AvgIpc) is 2.56. The molecule has 1 saturated carbocycles. The summed E-state index contributed by atoms with van der Waals surface area (Å²) < 4.78 is 5.94. The van der Waals surface area contributed by atoms with Crippen molar-refractivity contribution in [3.8, 4) is 0 Å². The molecule has 0 unspecified atom stereocenters. The van der Waals surface area contributed by atoms with Crippen LogP contribution in [0.2, 0.25) is 0 Å². The Hall–Kier alpha value is -1.69. The van der Waals surface area contributed by atoms with Crippen LogP contribution in [0.3, 0.4) is 0 Å². The molecule has 1 aliphatic heterocycles. The summed E-state index contributed by atoms with van der Waals surface area (Å²) in [5.41, 5.74) is 1.46. The van der Waals surface area contributed by atoms with Gasteiger partial charge in [-0.05, 0) is 32.6 Å². The number of carbonyl (C=O) groups is 1. The predicted octanol–water partition coefficient (Wildman–Crippen LogP) is 2.22. The smallest absolute Gasteiger partial charge is 0.270 e. The molecule has 3 rings (SSSR count). The number of aryl methyl sites for hydroxylation is 1. The molecule has 2 N–H and O–H groups in total. The maximum Gasteiger partial charge on any atom is 0.270 e. The lowest BCUT2D eigenvalue weighted by atomic mass is 9.98. The van der Waals surface area contributed by atoms with Gasteiger partial charge in [-0.1, -0.05) is 19.3 Å². The first kappa shape index (κ1) is 16.2. The van der Waals surface area contributed by atoms with E-state index in [1.807, 2.05) is 6.92 Å². The molecule has 0 atom stereocenters. The minimum absolute atomic E-state index is 0.0968. The highest BCUT2D eigenvalue weighted by Crippen LogP contribution is 2.21. The standard InChI is InChI=1S/C17H26N4O2/c1-12-20-15-14(8-10-19-17(15)22)16(21-12)18-9-5-11-23-13-6-3-2-4-7-13/h13H,2-11H2,1H3,(H,19,22)(H,18,20,21). The average molecular weight is 318 g/mol. The van der Waals surface area contributed by atoms with Crippen molar-refractivity contribution in [1.29, 1.82) is 0 Å². The van der Waals surface area contributed by atoms with E-state index >= 15 is 0 Å². The normalized spacial score (nSPS) is 18.4. The Bertz CT molecular complexity index is 556. The summed E-state index contributed by atoms with van der Waals surface area (Å²) in [6.07, 6.45) is 8.56. The Labute approximate surface area is 137 Å². The lowest BCUT2D eigenvalue weighted by Crippen LogP contribution is -2.34. The van der Waals surface area contributed by atoms with Gasteiger partial charge in [0.2, 0.25) is 0 Å². The molecule has 1 aliphatic carbocycles. The molecule has 23 heavy (non-hydrogen) atoms. The van der Waals surface area contributed by atoms with Crippen LogP contribution in [0, 0.1) is 6.92 Å². The van der Waals surface area contributed by atoms with E-state index in [4.69, 9.17) is 4.74 Å². The molecular weight excluding hydrogens is 292 g/mol. The first-order valence-electron chi connectivity index (χ1n) is 8.75. The number of hydrogen-bond acceptors (Lipinski definition) is 5. The Morgan fingerprint density at radius 1 is 1.26 bits per heavy atom. The number of carbonyl (C=O) groups excluding carboxylic acids is 1. The van der Waals surface area contributed by atoms with Gasteiger partial charge in [0.1, 0.15) is 17.3 Å². The van der Waals surface area contributed by atoms with E-state index < -0.39 is 0 Å². The number of fused-ring (bicyclic) bond motifs is 1. The zero-order valence-corrected chi connectivity index (χ0v) is 13.9. The van der Waals surface area contributed by atoms with Gasteiger partial charge >= 0.3 is 0 Å². The van der Waals surface area contributed by atoms with Gasteiger partial charge < -0.3 is 15.4 Å². The maximum absolute atomic E-state index is 11.9. The lowest BCUT2D eigenvalue weighted by Gasteiger charge is -2.22. The van der Waals surface area contributed by atoms with Crippen LogP contribution in [-0.2, 0) is 11.2 Å². The number of anilines is 1. The molecule has 1 aromatic rings. The zero-order valence-electron chi connectivity index (χ0n) is 13.9. The van der Waals surface area contributed by atoms with Gasteiger partial charge in [0, 0.05) is 25.3 Å². The largest absolute Gasteiger partial charge is 0.378 e. The number of amides is 1. The van der Waals surface area contributed by atoms with Gasteiger partial charge in [-0.2, -0.15) is 0 Å². The van der Waals surface area contributed by atoms with Crippen LogP contribution >= 0.6 is 0 Å². The van der Waals surface area contributed by atoms with Gasteiger partial charge in [0.25, 0.3) is 5.91 Å². The van der Waals surface area contributed by atoms with Crippen molar-refractivity contribution >= 4 is 11.7 Å². The van der Waals surface area contributed by atoms with E-state index in [1.165, 1.54) is 32.1 Å². The van der Waals surface area contributed by atoms with Crippen LogP contribution < -0.4 is 10.6 Å². The number of ether oxygens (including phenoxy) is 1. The molecule has 1 amide bonds. The van der Waals surface area contributed by atoms with Gasteiger partial charge in [-0.15, -0.1) is 0 Å². The molecule has 2 aliphatic rings. The van der Waals surface area contributed by atoms with Crippen molar-refractivity contribution < 1.29 is 9.53 Å². The second-order valence-electron chi connectivity index (χ2n) is 6.36. The van der Waals surface area contributed by atoms with Crippen molar-refractivity contribution in [1.82, 2.24) is 15.3 Å². The summed E-state index contributed by atoms with van der Waals surface area (Å²) in [6.45, 7) is 4.05. The summed E-state index contributed by atoms with van der Waals surface area (Å²) in [4.78, 5) is 20.6. The number of nitrogens with zero attached hydrogens (tertiary/aromatic N) is 2. The van der Waals surface area contributed by atoms with E-state index in [9.17, 15) is 4.79 Å². The Morgan fingerprint density at radius 2 is 2.09 bits per heavy atom. The van der Waals surface area contributed by atoms with Crippen molar-refractivity contribution in [2.45, 2.75) is 58.0 Å². The molecule has 0 aromatic carbocycles. The zero-order chi connectivity index (χ0) is 16.1. The van der Waals surface area contributed by atoms with Crippen LogP contribution in [0.4, 0.5) is 5.82 Å². The number of aromatic nitrogens is 2. The molecule has 6 heteroatoms. The summed E-state index contributed by atoms with van der Waals surface area (Å²) in [5, 5.41) is 6.19. The van der Waals surface area contributed by atoms with Crippen molar-refractivity contribution in [2.24, 2.45) is 0 Å². The Kier molecular flexibility index (Phi) is 5.43. The summed E-state index contributed by atoms with van der Waals surface area (Å²) in [5.74, 6) is 1.34. The Morgan fingerprint density at radius 3 is 2.91 bits per heavy atom. The third kappa shape index (κ3) is 4.19. The highest BCUT2D eigenvalue weighted by Gasteiger charge is 2.22. The molecule has 1 aromatic heterocycles. The maximum atomic E-state index is 11.9. The quantitative estimate of drug-likeness (QED) is 0.787. The van der Waals surface area contributed by atoms with Crippen LogP contribution in [0.5, 0.6) is 0 Å². The topological polar surface area (TPSA) is 76.1 Å². The molecule has 0 saturated heterocycles. The summed E-state index contributed by atoms with van der Waals surface area (Å²) in [7, 11) is 0. The molecule has 1 fully saturated rings. The van der Waals surface area contributed by atoms with Crippen LogP contribution in [0.25, 0.3) is 0 Å². The highest BCUT2D eigenvalue weighted by molar-refractivity contribution is 5.95. The van der Waals surface area contributed by atoms with E-state index in [0.29, 0.717) is 24.2 Å². The lowest BCUT2D eigenvalue weighted by molar-refractivity contribution is 0.0284. The van der Waals surface area contributed by atoms with Crippen molar-refractivity contribution in [2.75, 3.05) is 25.0 Å². The molecule has 2 heterocycles. The first-order valence-corrected chi connectivity index (χ1v) is 8.75. The summed E-state index contributed by atoms with van der Waals surface area (Å²) >= 11 is 0. The van der Waals surface area contributed by atoms with Gasteiger partial charge in [0.05, 0.1) is 6.10 Å². The fourth-order valence-electron chi connectivity index (χ4n) is 3.31. The second-order valence-corrected chi connectivity index (χ2v) is 6.36. The van der Waals surface area contributed by atoms with E-state index in [2.05, 4.69) is 20.6 Å². The van der Waals surface area contributed by atoms with Crippen molar-refractivity contribution in [3.05, 3.63) is 17.1 Å². The van der Waals surface area contributed by atoms with Gasteiger partial charge in [-0.3, -0.25) is 4.79 Å². The molecule has 126 valence electrons. The second kappa shape index (κ2) is 7.73. The third-order valence-electron chi connectivity index (χ3n) is 4.51. The fraction of sp³-hybridized carbons (Fsp3) is 0.706.